The summed E-state index contributed by atoms with van der Waals surface area (Å²) in [7, 11) is 0. The van der Waals surface area contributed by atoms with E-state index in [0.29, 0.717) is 31.3 Å². The highest BCUT2D eigenvalue weighted by Crippen LogP contribution is 2.24. The molecule has 1 atom stereocenters. The Hall–Kier alpha value is -2.19. The molecule has 1 fully saturated rings. The van der Waals surface area contributed by atoms with Crippen LogP contribution in [0.25, 0.3) is 10.8 Å². The van der Waals surface area contributed by atoms with Crippen LogP contribution in [0, 0.1) is 0 Å². The van der Waals surface area contributed by atoms with Crippen LogP contribution < -0.4 is 0 Å². The van der Waals surface area contributed by atoms with Crippen molar-refractivity contribution in [3.63, 3.8) is 0 Å². The summed E-state index contributed by atoms with van der Waals surface area (Å²) in [5.41, 5.74) is 0.569. The van der Waals surface area contributed by atoms with Gasteiger partial charge in [-0.25, -0.2) is 4.98 Å². The first-order chi connectivity index (χ1) is 11.1. The summed E-state index contributed by atoms with van der Waals surface area (Å²) in [6, 6.07) is 3.81. The Morgan fingerprint density at radius 3 is 3.09 bits per heavy atom. The van der Waals surface area contributed by atoms with Gasteiger partial charge >= 0.3 is 5.97 Å². The van der Waals surface area contributed by atoms with Crippen molar-refractivity contribution < 1.29 is 23.8 Å². The number of carboxylic acid groups (broad SMARTS) is 1. The van der Waals surface area contributed by atoms with Crippen LogP contribution in [0.1, 0.15) is 12.1 Å². The first-order valence-corrected chi connectivity index (χ1v) is 8.09. The van der Waals surface area contributed by atoms with Crippen molar-refractivity contribution in [3.8, 4) is 10.8 Å². The molecule has 7 nitrogen and oxygen atoms in total. The van der Waals surface area contributed by atoms with Crippen molar-refractivity contribution >= 4 is 23.2 Å². The predicted octanol–water partition coefficient (Wildman–Crippen LogP) is 1.65. The molecule has 122 valence electrons. The van der Waals surface area contributed by atoms with Crippen LogP contribution in [-0.2, 0) is 20.7 Å². The summed E-state index contributed by atoms with van der Waals surface area (Å²) < 4.78 is 10.8. The van der Waals surface area contributed by atoms with E-state index in [2.05, 4.69) is 4.98 Å². The first kappa shape index (κ1) is 15.7. The van der Waals surface area contributed by atoms with Gasteiger partial charge in [0, 0.05) is 13.1 Å². The van der Waals surface area contributed by atoms with Gasteiger partial charge in [0.1, 0.15) is 6.26 Å². The zero-order valence-electron chi connectivity index (χ0n) is 12.3. The van der Waals surface area contributed by atoms with E-state index in [9.17, 15) is 9.59 Å². The van der Waals surface area contributed by atoms with E-state index in [1.54, 1.807) is 4.90 Å². The van der Waals surface area contributed by atoms with Crippen LogP contribution >= 0.6 is 11.3 Å². The van der Waals surface area contributed by atoms with Crippen LogP contribution in [0.5, 0.6) is 0 Å². The van der Waals surface area contributed by atoms with Gasteiger partial charge in [0.05, 0.1) is 36.1 Å². The molecule has 1 aliphatic heterocycles. The van der Waals surface area contributed by atoms with Gasteiger partial charge in [-0.2, -0.15) is 0 Å². The molecule has 1 saturated heterocycles. The van der Waals surface area contributed by atoms with Gasteiger partial charge in [0.15, 0.2) is 0 Å². The number of hydrogen-bond acceptors (Lipinski definition) is 6. The Bertz CT molecular complexity index is 682. The highest BCUT2D eigenvalue weighted by Gasteiger charge is 2.26. The monoisotopic (exact) mass is 336 g/mol. The number of morpholine rings is 1. The number of ether oxygens (including phenoxy) is 1. The molecule has 0 unspecified atom stereocenters. The van der Waals surface area contributed by atoms with Crippen LogP contribution in [0.3, 0.4) is 0 Å². The Kier molecular flexibility index (Phi) is 4.73. The second kappa shape index (κ2) is 6.93. The number of aromatic nitrogens is 1. The summed E-state index contributed by atoms with van der Waals surface area (Å²) in [6.45, 7) is 1.11. The average Bonchev–Trinajstić information content (AvgIpc) is 3.17. The van der Waals surface area contributed by atoms with Crippen molar-refractivity contribution in [2.45, 2.75) is 18.9 Å². The van der Waals surface area contributed by atoms with Gasteiger partial charge in [-0.1, -0.05) is 6.07 Å². The molecule has 2 aromatic heterocycles. The fourth-order valence-electron chi connectivity index (χ4n) is 2.43. The third-order valence-corrected chi connectivity index (χ3v) is 4.37. The third-order valence-electron chi connectivity index (χ3n) is 3.51. The maximum Gasteiger partial charge on any atom is 0.306 e. The number of rotatable bonds is 5. The number of hydrogen-bond donors (Lipinski definition) is 1. The number of thiophene rings is 1. The summed E-state index contributed by atoms with van der Waals surface area (Å²) >= 11 is 1.52. The van der Waals surface area contributed by atoms with E-state index in [0.717, 1.165) is 4.88 Å². The van der Waals surface area contributed by atoms with Gasteiger partial charge in [-0.05, 0) is 11.4 Å². The van der Waals surface area contributed by atoms with Crippen molar-refractivity contribution in [1.82, 2.24) is 9.88 Å². The minimum atomic E-state index is -0.929. The molecule has 8 heteroatoms. The van der Waals surface area contributed by atoms with Crippen molar-refractivity contribution in [2.24, 2.45) is 0 Å². The second-order valence-electron chi connectivity index (χ2n) is 5.23. The largest absolute Gasteiger partial charge is 0.481 e. The fraction of sp³-hybridized carbons (Fsp3) is 0.400. The van der Waals surface area contributed by atoms with E-state index < -0.39 is 12.1 Å². The van der Waals surface area contributed by atoms with E-state index in [1.165, 1.54) is 17.6 Å². The predicted molar refractivity (Wildman–Crippen MR) is 82.1 cm³/mol. The third kappa shape index (κ3) is 3.96. The maximum atomic E-state index is 12.3. The van der Waals surface area contributed by atoms with E-state index in [1.807, 2.05) is 17.5 Å². The lowest BCUT2D eigenvalue weighted by molar-refractivity contribution is -0.147. The van der Waals surface area contributed by atoms with E-state index >= 15 is 0 Å². The van der Waals surface area contributed by atoms with E-state index in [4.69, 9.17) is 14.3 Å². The number of carboxylic acids is 1. The molecule has 23 heavy (non-hydrogen) atoms. The first-order valence-electron chi connectivity index (χ1n) is 7.21. The van der Waals surface area contributed by atoms with Crippen LogP contribution in [0.15, 0.2) is 28.2 Å². The maximum absolute atomic E-state index is 12.3. The molecular formula is C15H16N2O5S. The SMILES string of the molecule is O=C(O)C[C@H]1CN(C(=O)Cc2coc(-c3cccs3)n2)CCO1. The lowest BCUT2D eigenvalue weighted by Gasteiger charge is -2.32. The molecule has 0 aliphatic carbocycles. The molecular weight excluding hydrogens is 320 g/mol. The fourth-order valence-corrected chi connectivity index (χ4v) is 3.09. The van der Waals surface area contributed by atoms with Gasteiger partial charge in [0.25, 0.3) is 0 Å². The molecule has 0 radical (unpaired) electrons. The molecule has 2 aromatic rings. The van der Waals surface area contributed by atoms with E-state index in [-0.39, 0.29) is 18.7 Å². The summed E-state index contributed by atoms with van der Waals surface area (Å²) in [5, 5.41) is 10.7. The number of carbonyl (C=O) groups excluding carboxylic acids is 1. The highest BCUT2D eigenvalue weighted by atomic mass is 32.1. The van der Waals surface area contributed by atoms with Gasteiger partial charge in [-0.3, -0.25) is 9.59 Å². The Labute approximate surface area is 136 Å². The van der Waals surface area contributed by atoms with Crippen LogP contribution in [-0.4, -0.2) is 52.7 Å². The van der Waals surface area contributed by atoms with Crippen molar-refractivity contribution in [1.29, 1.82) is 0 Å². The Morgan fingerprint density at radius 1 is 1.48 bits per heavy atom. The lowest BCUT2D eigenvalue weighted by Crippen LogP contribution is -2.46. The minimum absolute atomic E-state index is 0.101. The van der Waals surface area contributed by atoms with Gasteiger partial charge in [0.2, 0.25) is 11.8 Å². The topological polar surface area (TPSA) is 92.9 Å². The summed E-state index contributed by atoms with van der Waals surface area (Å²) in [5.74, 6) is -0.523. The molecule has 1 aliphatic rings. The molecule has 1 N–H and O–H groups in total. The molecule has 0 saturated carbocycles. The highest BCUT2D eigenvalue weighted by molar-refractivity contribution is 7.13. The number of oxazole rings is 1. The average molecular weight is 336 g/mol. The Balaban J connectivity index is 1.59. The molecule has 1 amide bonds. The zero-order chi connectivity index (χ0) is 16.2. The Morgan fingerprint density at radius 2 is 2.35 bits per heavy atom. The number of amides is 1. The van der Waals surface area contributed by atoms with Gasteiger partial charge in [-0.15, -0.1) is 11.3 Å². The molecule has 3 heterocycles. The van der Waals surface area contributed by atoms with Crippen molar-refractivity contribution in [3.05, 3.63) is 29.5 Å². The number of nitrogens with zero attached hydrogens (tertiary/aromatic N) is 2. The number of aliphatic carboxylic acids is 1. The smallest absolute Gasteiger partial charge is 0.306 e. The van der Waals surface area contributed by atoms with Crippen molar-refractivity contribution in [2.75, 3.05) is 19.7 Å². The standard InChI is InChI=1S/C15H16N2O5S/c18-13(17-3-4-21-11(8-17)7-14(19)20)6-10-9-22-15(16-10)12-2-1-5-23-12/h1-2,5,9,11H,3-4,6-8H2,(H,19,20)/t11-/m0/s1. The summed E-state index contributed by atoms with van der Waals surface area (Å²) in [4.78, 5) is 29.9. The minimum Gasteiger partial charge on any atom is -0.481 e. The molecule has 0 aromatic carbocycles. The number of carbonyl (C=O) groups is 2. The normalized spacial score (nSPS) is 18.1. The van der Waals surface area contributed by atoms with Crippen LogP contribution in [0.2, 0.25) is 0 Å². The summed E-state index contributed by atoms with van der Waals surface area (Å²) in [6.07, 6.45) is 1.07. The molecule has 3 rings (SSSR count). The molecule has 0 spiro atoms. The van der Waals surface area contributed by atoms with Gasteiger partial charge < -0.3 is 19.2 Å². The van der Waals surface area contributed by atoms with Crippen LogP contribution in [0.4, 0.5) is 0 Å². The zero-order valence-corrected chi connectivity index (χ0v) is 13.1. The lowest BCUT2D eigenvalue weighted by atomic mass is 10.2. The quantitative estimate of drug-likeness (QED) is 0.892. The second-order valence-corrected chi connectivity index (χ2v) is 6.18. The molecule has 0 bridgehead atoms.